The van der Waals surface area contributed by atoms with E-state index in [0.717, 1.165) is 25.7 Å². The summed E-state index contributed by atoms with van der Waals surface area (Å²) in [6, 6.07) is 0.247. The Morgan fingerprint density at radius 3 is 2.71 bits per heavy atom. The second-order valence-electron chi connectivity index (χ2n) is 3.77. The minimum Gasteiger partial charge on any atom is -0.211 e. The summed E-state index contributed by atoms with van der Waals surface area (Å²) in [7, 11) is -3.04. The summed E-state index contributed by atoms with van der Waals surface area (Å²) in [5.41, 5.74) is 0. The molecule has 0 aromatic rings. The molecule has 14 heavy (non-hydrogen) atoms. The molecule has 0 aromatic carbocycles. The van der Waals surface area contributed by atoms with E-state index in [2.05, 4.69) is 22.9 Å². The van der Waals surface area contributed by atoms with Crippen LogP contribution in [-0.2, 0) is 10.0 Å². The molecule has 1 saturated heterocycles. The fourth-order valence-electron chi connectivity index (χ4n) is 2.02. The quantitative estimate of drug-likeness (QED) is 0.743. The molecule has 1 aliphatic heterocycles. The molecule has 1 unspecified atom stereocenters. The Labute approximate surface area is 95.0 Å². The van der Waals surface area contributed by atoms with Crippen molar-refractivity contribution in [1.29, 1.82) is 0 Å². The van der Waals surface area contributed by atoms with Gasteiger partial charge in [-0.3, -0.25) is 0 Å². The van der Waals surface area contributed by atoms with Crippen LogP contribution in [0.5, 0.6) is 0 Å². The Bertz CT molecular complexity index is 264. The molecular formula is C9H18BrNO2S. The highest BCUT2D eigenvalue weighted by Crippen LogP contribution is 2.24. The molecule has 1 fully saturated rings. The lowest BCUT2D eigenvalue weighted by atomic mass is 10.0. The maximum absolute atomic E-state index is 11.7. The van der Waals surface area contributed by atoms with Crippen molar-refractivity contribution in [1.82, 2.24) is 4.31 Å². The van der Waals surface area contributed by atoms with Crippen LogP contribution < -0.4 is 0 Å². The van der Waals surface area contributed by atoms with Gasteiger partial charge in [0, 0.05) is 12.6 Å². The van der Waals surface area contributed by atoms with Crippen LogP contribution in [0.25, 0.3) is 0 Å². The molecule has 0 amide bonds. The van der Waals surface area contributed by atoms with Crippen molar-refractivity contribution >= 4 is 26.0 Å². The fraction of sp³-hybridized carbons (Fsp3) is 1.00. The lowest BCUT2D eigenvalue weighted by Gasteiger charge is -2.34. The zero-order valence-electron chi connectivity index (χ0n) is 8.58. The summed E-state index contributed by atoms with van der Waals surface area (Å²) in [5.74, 6) is 0. The molecule has 3 nitrogen and oxygen atoms in total. The lowest BCUT2D eigenvalue weighted by molar-refractivity contribution is 0.241. The van der Waals surface area contributed by atoms with Crippen LogP contribution in [0.1, 0.15) is 39.0 Å². The number of piperidine rings is 1. The Kier molecular flexibility index (Phi) is 4.87. The average molecular weight is 284 g/mol. The molecule has 1 aliphatic rings. The van der Waals surface area contributed by atoms with Gasteiger partial charge in [-0.15, -0.1) is 0 Å². The highest BCUT2D eigenvalue weighted by Gasteiger charge is 2.30. The van der Waals surface area contributed by atoms with Crippen molar-refractivity contribution in [2.75, 3.05) is 11.2 Å². The summed E-state index contributed by atoms with van der Waals surface area (Å²) in [6.07, 6.45) is 5.25. The first-order valence-corrected chi connectivity index (χ1v) is 7.90. The zero-order chi connectivity index (χ0) is 10.6. The van der Waals surface area contributed by atoms with Crippen LogP contribution in [0.15, 0.2) is 0 Å². The summed E-state index contributed by atoms with van der Waals surface area (Å²) in [6.45, 7) is 2.81. The molecule has 1 atom stereocenters. The van der Waals surface area contributed by atoms with E-state index in [0.29, 0.717) is 6.54 Å². The van der Waals surface area contributed by atoms with E-state index in [1.54, 1.807) is 4.31 Å². The highest BCUT2D eigenvalue weighted by atomic mass is 79.9. The van der Waals surface area contributed by atoms with Gasteiger partial charge in [0.1, 0.15) is 4.66 Å². The number of hydrogen-bond donors (Lipinski definition) is 0. The van der Waals surface area contributed by atoms with Crippen LogP contribution in [0.3, 0.4) is 0 Å². The predicted octanol–water partition coefficient (Wildman–Crippen LogP) is 2.32. The molecule has 0 spiro atoms. The maximum Gasteiger partial charge on any atom is 0.224 e. The molecule has 5 heteroatoms. The third kappa shape index (κ3) is 2.94. The zero-order valence-corrected chi connectivity index (χ0v) is 11.0. The Morgan fingerprint density at radius 2 is 2.14 bits per heavy atom. The molecule has 1 rings (SSSR count). The maximum atomic E-state index is 11.7. The highest BCUT2D eigenvalue weighted by molar-refractivity contribution is 9.10. The Balaban J connectivity index is 2.72. The van der Waals surface area contributed by atoms with Gasteiger partial charge in [0.2, 0.25) is 10.0 Å². The minimum absolute atomic E-state index is 0.0558. The van der Waals surface area contributed by atoms with E-state index in [-0.39, 0.29) is 10.7 Å². The van der Waals surface area contributed by atoms with Gasteiger partial charge in [0.25, 0.3) is 0 Å². The van der Waals surface area contributed by atoms with Crippen molar-refractivity contribution in [3.05, 3.63) is 0 Å². The minimum atomic E-state index is -3.04. The van der Waals surface area contributed by atoms with Gasteiger partial charge in [0.05, 0.1) is 0 Å². The molecule has 0 saturated carbocycles. The van der Waals surface area contributed by atoms with Gasteiger partial charge in [-0.25, -0.2) is 8.42 Å². The Morgan fingerprint density at radius 1 is 1.43 bits per heavy atom. The second-order valence-corrected chi connectivity index (χ2v) is 6.99. The second kappa shape index (κ2) is 5.47. The third-order valence-corrected chi connectivity index (χ3v) is 5.90. The first-order valence-electron chi connectivity index (χ1n) is 5.17. The van der Waals surface area contributed by atoms with Gasteiger partial charge in [0.15, 0.2) is 0 Å². The SMILES string of the molecule is CCCC1CCCCN1S(=O)(=O)CBr. The molecule has 1 heterocycles. The molecular weight excluding hydrogens is 266 g/mol. The monoisotopic (exact) mass is 283 g/mol. The first kappa shape index (κ1) is 12.5. The van der Waals surface area contributed by atoms with Crippen LogP contribution >= 0.6 is 15.9 Å². The predicted molar refractivity (Wildman–Crippen MR) is 62.0 cm³/mol. The van der Waals surface area contributed by atoms with Crippen LogP contribution in [0.4, 0.5) is 0 Å². The Hall–Kier alpha value is 0.390. The fourth-order valence-corrected chi connectivity index (χ4v) is 4.01. The summed E-state index contributed by atoms with van der Waals surface area (Å²) in [4.78, 5) is 0. The lowest BCUT2D eigenvalue weighted by Crippen LogP contribution is -2.43. The van der Waals surface area contributed by atoms with E-state index in [1.165, 1.54) is 6.42 Å². The largest absolute Gasteiger partial charge is 0.224 e. The van der Waals surface area contributed by atoms with Crippen LogP contribution in [-0.4, -0.2) is 30.0 Å². The van der Waals surface area contributed by atoms with Gasteiger partial charge < -0.3 is 0 Å². The summed E-state index contributed by atoms with van der Waals surface area (Å²) < 4.78 is 25.2. The van der Waals surface area contributed by atoms with Crippen LogP contribution in [0.2, 0.25) is 0 Å². The topological polar surface area (TPSA) is 37.4 Å². The molecule has 0 N–H and O–H groups in total. The van der Waals surface area contributed by atoms with E-state index < -0.39 is 10.0 Å². The summed E-state index contributed by atoms with van der Waals surface area (Å²) in [5, 5.41) is 0. The molecule has 84 valence electrons. The van der Waals surface area contributed by atoms with E-state index in [1.807, 2.05) is 0 Å². The molecule has 0 radical (unpaired) electrons. The molecule has 0 aliphatic carbocycles. The normalized spacial score (nSPS) is 25.1. The van der Waals surface area contributed by atoms with Crippen LogP contribution in [0, 0.1) is 0 Å². The standard InChI is InChI=1S/C9H18BrNO2S/c1-2-5-9-6-3-4-7-11(9)14(12,13)8-10/h9H,2-8H2,1H3. The molecule has 0 aromatic heterocycles. The average Bonchev–Trinajstić information content (AvgIpc) is 2.19. The van der Waals surface area contributed by atoms with Crippen molar-refractivity contribution in [2.24, 2.45) is 0 Å². The number of alkyl halides is 1. The van der Waals surface area contributed by atoms with Crippen molar-refractivity contribution in [3.8, 4) is 0 Å². The third-order valence-electron chi connectivity index (χ3n) is 2.69. The summed E-state index contributed by atoms with van der Waals surface area (Å²) >= 11 is 3.06. The number of halogens is 1. The van der Waals surface area contributed by atoms with Gasteiger partial charge in [-0.1, -0.05) is 35.7 Å². The number of sulfonamides is 1. The van der Waals surface area contributed by atoms with Crippen molar-refractivity contribution in [2.45, 2.75) is 45.1 Å². The number of hydrogen-bond acceptors (Lipinski definition) is 2. The van der Waals surface area contributed by atoms with Gasteiger partial charge >= 0.3 is 0 Å². The first-order chi connectivity index (χ1) is 6.61. The number of rotatable bonds is 4. The van der Waals surface area contributed by atoms with Gasteiger partial charge in [-0.05, 0) is 19.3 Å². The van der Waals surface area contributed by atoms with Crippen molar-refractivity contribution in [3.63, 3.8) is 0 Å². The van der Waals surface area contributed by atoms with E-state index in [9.17, 15) is 8.42 Å². The smallest absolute Gasteiger partial charge is 0.211 e. The van der Waals surface area contributed by atoms with Crippen molar-refractivity contribution < 1.29 is 8.42 Å². The molecule has 0 bridgehead atoms. The van der Waals surface area contributed by atoms with E-state index in [4.69, 9.17) is 0 Å². The number of nitrogens with zero attached hydrogens (tertiary/aromatic N) is 1. The van der Waals surface area contributed by atoms with Gasteiger partial charge in [-0.2, -0.15) is 4.31 Å². The van der Waals surface area contributed by atoms with E-state index >= 15 is 0 Å².